The van der Waals surface area contributed by atoms with Crippen LogP contribution < -0.4 is 14.5 Å². The number of hydrogen-bond donors (Lipinski definition) is 1. The van der Waals surface area contributed by atoms with Crippen LogP contribution in [-0.2, 0) is 16.1 Å². The van der Waals surface area contributed by atoms with Crippen molar-refractivity contribution in [2.75, 3.05) is 50.0 Å². The van der Waals surface area contributed by atoms with Crippen LogP contribution in [0.4, 0.5) is 11.5 Å². The van der Waals surface area contributed by atoms with E-state index < -0.39 is 11.6 Å². The van der Waals surface area contributed by atoms with E-state index in [-0.39, 0.29) is 12.5 Å². The summed E-state index contributed by atoms with van der Waals surface area (Å²) in [6.45, 7) is 7.56. The Balaban J connectivity index is 1.57. The minimum absolute atomic E-state index is 0.0467. The van der Waals surface area contributed by atoms with Crippen LogP contribution in [0.25, 0.3) is 10.8 Å². The number of anilines is 2. The molecule has 0 aliphatic heterocycles. The Morgan fingerprint density at radius 2 is 1.60 bits per heavy atom. The molecule has 8 nitrogen and oxygen atoms in total. The van der Waals surface area contributed by atoms with Crippen molar-refractivity contribution in [3.63, 3.8) is 0 Å². The number of nitrogens with one attached hydrogen (secondary N) is 1. The zero-order chi connectivity index (χ0) is 32.7. The third kappa shape index (κ3) is 9.99. The number of benzene rings is 3. The Morgan fingerprint density at radius 3 is 2.24 bits per heavy atom. The van der Waals surface area contributed by atoms with Crippen LogP contribution in [0.15, 0.2) is 77.8 Å². The molecule has 0 fully saturated rings. The molecular formula is C34H39Cl2N5O3S. The molecule has 1 amide bonds. The first kappa shape index (κ1) is 34.4. The fourth-order valence-electron chi connectivity index (χ4n) is 4.56. The Bertz CT molecular complexity index is 1620. The number of aromatic nitrogens is 1. The van der Waals surface area contributed by atoms with Crippen molar-refractivity contribution in [2.24, 2.45) is 0 Å². The summed E-state index contributed by atoms with van der Waals surface area (Å²) in [5.41, 5.74) is 1.52. The molecule has 1 heterocycles. The van der Waals surface area contributed by atoms with E-state index in [2.05, 4.69) is 20.1 Å². The first-order chi connectivity index (χ1) is 21.3. The number of fused-ring (bicyclic) bond motifs is 1. The topological polar surface area (TPSA) is 78.0 Å². The number of ether oxygens (including phenoxy) is 1. The van der Waals surface area contributed by atoms with E-state index in [0.29, 0.717) is 22.2 Å². The zero-order valence-electron chi connectivity index (χ0n) is 26.4. The summed E-state index contributed by atoms with van der Waals surface area (Å²) < 4.78 is 7.48. The maximum Gasteiger partial charge on any atom is 0.327 e. The Labute approximate surface area is 279 Å². The van der Waals surface area contributed by atoms with Gasteiger partial charge in [0.1, 0.15) is 18.0 Å². The standard InChI is InChI=1S/C34H39Cl2N5O3S/c1-34(2,3)44-32(42)22-41(45-26-18-24(35)17-25(36)19-26)30-12-8-9-27-28(30)10-7-11-29(27)33(43)38-21-23-13-14-31(37-20-23)40(6)16-15-39(4)5/h7-14,17-20H,15-16,21-22H2,1-6H3,(H,38,43). The Hall–Kier alpha value is -3.50. The van der Waals surface area contributed by atoms with Gasteiger partial charge in [0.15, 0.2) is 0 Å². The fraction of sp³-hybridized carbons (Fsp3) is 0.324. The summed E-state index contributed by atoms with van der Waals surface area (Å²) >= 11 is 13.9. The molecule has 4 rings (SSSR count). The molecule has 238 valence electrons. The maximum atomic E-state index is 13.5. The fourth-order valence-corrected chi connectivity index (χ4v) is 6.26. The van der Waals surface area contributed by atoms with Crippen molar-refractivity contribution < 1.29 is 14.3 Å². The molecule has 3 aromatic carbocycles. The lowest BCUT2D eigenvalue weighted by Crippen LogP contribution is -2.31. The van der Waals surface area contributed by atoms with Gasteiger partial charge in [0.25, 0.3) is 5.91 Å². The number of hydrogen-bond acceptors (Lipinski definition) is 8. The van der Waals surface area contributed by atoms with Gasteiger partial charge < -0.3 is 24.2 Å². The van der Waals surface area contributed by atoms with Gasteiger partial charge in [0.2, 0.25) is 0 Å². The van der Waals surface area contributed by atoms with E-state index in [4.69, 9.17) is 27.9 Å². The monoisotopic (exact) mass is 667 g/mol. The highest BCUT2D eigenvalue weighted by atomic mass is 35.5. The molecule has 4 aromatic rings. The van der Waals surface area contributed by atoms with E-state index in [0.717, 1.165) is 45.8 Å². The molecule has 11 heteroatoms. The van der Waals surface area contributed by atoms with Crippen LogP contribution in [0.1, 0.15) is 36.7 Å². The van der Waals surface area contributed by atoms with Gasteiger partial charge in [-0.15, -0.1) is 0 Å². The third-order valence-corrected chi connectivity index (χ3v) is 8.12. The third-order valence-electron chi connectivity index (χ3n) is 6.69. The highest BCUT2D eigenvalue weighted by molar-refractivity contribution is 8.00. The SMILES string of the molecule is CN(C)CCN(C)c1ccc(CNC(=O)c2cccc3c(N(CC(=O)OC(C)(C)C)Sc4cc(Cl)cc(Cl)c4)cccc23)cn1. The lowest BCUT2D eigenvalue weighted by molar-refractivity contribution is -0.152. The second-order valence-electron chi connectivity index (χ2n) is 11.9. The second-order valence-corrected chi connectivity index (χ2v) is 13.9. The van der Waals surface area contributed by atoms with Crippen molar-refractivity contribution in [1.29, 1.82) is 0 Å². The van der Waals surface area contributed by atoms with Crippen LogP contribution in [-0.4, -0.2) is 68.1 Å². The van der Waals surface area contributed by atoms with Gasteiger partial charge in [0, 0.05) is 58.8 Å². The van der Waals surface area contributed by atoms with Gasteiger partial charge in [-0.3, -0.25) is 9.59 Å². The smallest absolute Gasteiger partial charge is 0.327 e. The van der Waals surface area contributed by atoms with Crippen molar-refractivity contribution in [3.8, 4) is 0 Å². The number of esters is 1. The van der Waals surface area contributed by atoms with Crippen LogP contribution in [0.3, 0.4) is 0 Å². The number of rotatable bonds is 12. The largest absolute Gasteiger partial charge is 0.459 e. The van der Waals surface area contributed by atoms with Gasteiger partial charge >= 0.3 is 5.97 Å². The summed E-state index contributed by atoms with van der Waals surface area (Å²) in [6, 6.07) is 20.4. The highest BCUT2D eigenvalue weighted by Gasteiger charge is 2.23. The molecule has 0 bridgehead atoms. The summed E-state index contributed by atoms with van der Waals surface area (Å²) in [5, 5.41) is 5.57. The summed E-state index contributed by atoms with van der Waals surface area (Å²) in [5.74, 6) is 0.276. The molecule has 0 aliphatic carbocycles. The predicted octanol–water partition coefficient (Wildman–Crippen LogP) is 7.32. The van der Waals surface area contributed by atoms with Crippen LogP contribution in [0.2, 0.25) is 10.0 Å². The molecule has 0 spiro atoms. The van der Waals surface area contributed by atoms with Gasteiger partial charge in [-0.1, -0.05) is 53.5 Å². The van der Waals surface area contributed by atoms with Crippen molar-refractivity contribution in [3.05, 3.63) is 94.1 Å². The number of pyridine rings is 1. The molecule has 0 radical (unpaired) electrons. The first-order valence-corrected chi connectivity index (χ1v) is 16.1. The van der Waals surface area contributed by atoms with Crippen molar-refractivity contribution in [1.82, 2.24) is 15.2 Å². The quantitative estimate of drug-likeness (QED) is 0.124. The molecule has 0 unspecified atom stereocenters. The number of amides is 1. The van der Waals surface area contributed by atoms with Crippen molar-refractivity contribution >= 4 is 69.3 Å². The van der Waals surface area contributed by atoms with Gasteiger partial charge in [-0.25, -0.2) is 4.98 Å². The van der Waals surface area contributed by atoms with Gasteiger partial charge in [0.05, 0.1) is 5.69 Å². The average Bonchev–Trinajstić information content (AvgIpc) is 2.96. The van der Waals surface area contributed by atoms with E-state index in [1.165, 1.54) is 11.9 Å². The maximum absolute atomic E-state index is 13.5. The molecule has 0 saturated carbocycles. The Kier molecular flexibility index (Phi) is 11.6. The minimum Gasteiger partial charge on any atom is -0.459 e. The Morgan fingerprint density at radius 1 is 0.911 bits per heavy atom. The number of carbonyl (C=O) groups is 2. The molecule has 1 aromatic heterocycles. The highest BCUT2D eigenvalue weighted by Crippen LogP contribution is 2.37. The molecule has 0 saturated heterocycles. The molecule has 1 N–H and O–H groups in total. The number of likely N-dealkylation sites (N-methyl/N-ethyl adjacent to an activating group) is 2. The molecular weight excluding hydrogens is 629 g/mol. The van der Waals surface area contributed by atoms with E-state index >= 15 is 0 Å². The van der Waals surface area contributed by atoms with Crippen molar-refractivity contribution in [2.45, 2.75) is 37.8 Å². The average molecular weight is 669 g/mol. The lowest BCUT2D eigenvalue weighted by Gasteiger charge is -2.27. The normalized spacial score (nSPS) is 11.5. The van der Waals surface area contributed by atoms with E-state index in [1.54, 1.807) is 30.5 Å². The molecule has 0 aliphatic rings. The van der Waals surface area contributed by atoms with Gasteiger partial charge in [-0.05, 0) is 94.2 Å². The summed E-state index contributed by atoms with van der Waals surface area (Å²) in [4.78, 5) is 36.0. The molecule has 45 heavy (non-hydrogen) atoms. The van der Waals surface area contributed by atoms with Crippen LogP contribution >= 0.6 is 35.1 Å². The van der Waals surface area contributed by atoms with E-state index in [9.17, 15) is 9.59 Å². The van der Waals surface area contributed by atoms with E-state index in [1.807, 2.05) is 88.7 Å². The first-order valence-electron chi connectivity index (χ1n) is 14.5. The number of nitrogens with zero attached hydrogens (tertiary/aromatic N) is 4. The zero-order valence-corrected chi connectivity index (χ0v) is 28.8. The minimum atomic E-state index is -0.644. The second kappa shape index (κ2) is 15.2. The van der Waals surface area contributed by atoms with Crippen LogP contribution in [0.5, 0.6) is 0 Å². The van der Waals surface area contributed by atoms with Crippen LogP contribution in [0, 0.1) is 0 Å². The van der Waals surface area contributed by atoms with Gasteiger partial charge in [-0.2, -0.15) is 0 Å². The summed E-state index contributed by atoms with van der Waals surface area (Å²) in [7, 11) is 6.10. The predicted molar refractivity (Wildman–Crippen MR) is 187 cm³/mol. The number of carbonyl (C=O) groups excluding carboxylic acids is 2. The number of halogens is 2. The molecule has 0 atom stereocenters. The lowest BCUT2D eigenvalue weighted by atomic mass is 10.0. The summed E-state index contributed by atoms with van der Waals surface area (Å²) in [6.07, 6.45) is 1.79.